The molecule has 3 nitrogen and oxygen atoms in total. The van der Waals surface area contributed by atoms with Crippen LogP contribution in [-0.2, 0) is 6.54 Å². The average Bonchev–Trinajstić information content (AvgIpc) is 2.47. The van der Waals surface area contributed by atoms with Crippen LogP contribution >= 0.6 is 0 Å². The van der Waals surface area contributed by atoms with Gasteiger partial charge >= 0.3 is 0 Å². The van der Waals surface area contributed by atoms with E-state index in [2.05, 4.69) is 10.3 Å². The summed E-state index contributed by atoms with van der Waals surface area (Å²) in [5.41, 5.74) is 2.08. The third kappa shape index (κ3) is 1.19. The number of nitrogens with zero attached hydrogens (tertiary/aromatic N) is 2. The summed E-state index contributed by atoms with van der Waals surface area (Å²) in [6, 6.07) is 5.99. The molecule has 0 aliphatic heterocycles. The molecule has 0 aliphatic carbocycles. The molecule has 0 fully saturated rings. The highest BCUT2D eigenvalue weighted by molar-refractivity contribution is 5.39. The van der Waals surface area contributed by atoms with Crippen molar-refractivity contribution in [2.45, 2.75) is 6.54 Å². The van der Waals surface area contributed by atoms with Crippen molar-refractivity contribution in [1.82, 2.24) is 14.7 Å². The number of nitrogens with one attached hydrogen (secondary N) is 1. The highest BCUT2D eigenvalue weighted by Crippen LogP contribution is 2.03. The smallest absolute Gasteiger partial charge is 0.137 e. The Morgan fingerprint density at radius 1 is 1.50 bits per heavy atom. The van der Waals surface area contributed by atoms with Crippen molar-refractivity contribution in [1.29, 1.82) is 0 Å². The van der Waals surface area contributed by atoms with Gasteiger partial charge < -0.3 is 9.72 Å². The van der Waals surface area contributed by atoms with Crippen molar-refractivity contribution in [3.8, 4) is 0 Å². The van der Waals surface area contributed by atoms with Gasteiger partial charge in [-0.05, 0) is 19.2 Å². The molecule has 0 bridgehead atoms. The predicted molar refractivity (Wildman–Crippen MR) is 48.0 cm³/mol. The van der Waals surface area contributed by atoms with Crippen LogP contribution in [0.15, 0.2) is 30.6 Å². The van der Waals surface area contributed by atoms with Crippen molar-refractivity contribution in [2.75, 3.05) is 7.05 Å². The normalized spacial score (nSPS) is 10.8. The Kier molecular flexibility index (Phi) is 1.80. The first kappa shape index (κ1) is 7.31. The van der Waals surface area contributed by atoms with Crippen molar-refractivity contribution >= 4 is 5.65 Å². The second-order valence-corrected chi connectivity index (χ2v) is 2.73. The van der Waals surface area contributed by atoms with E-state index in [0.717, 1.165) is 17.9 Å². The maximum absolute atomic E-state index is 4.40. The van der Waals surface area contributed by atoms with E-state index < -0.39 is 0 Å². The quantitative estimate of drug-likeness (QED) is 0.713. The molecule has 0 saturated heterocycles. The Morgan fingerprint density at radius 2 is 2.42 bits per heavy atom. The van der Waals surface area contributed by atoms with E-state index in [4.69, 9.17) is 0 Å². The second-order valence-electron chi connectivity index (χ2n) is 2.73. The van der Waals surface area contributed by atoms with Crippen molar-refractivity contribution < 1.29 is 0 Å². The van der Waals surface area contributed by atoms with Crippen LogP contribution in [0.2, 0.25) is 0 Å². The SMILES string of the molecule is CNCc1cn2ccccc2n1. The van der Waals surface area contributed by atoms with Crippen LogP contribution in [-0.4, -0.2) is 16.4 Å². The fraction of sp³-hybridized carbons (Fsp3) is 0.222. The zero-order valence-electron chi connectivity index (χ0n) is 6.99. The topological polar surface area (TPSA) is 29.3 Å². The zero-order chi connectivity index (χ0) is 8.39. The van der Waals surface area contributed by atoms with Crippen molar-refractivity contribution in [3.05, 3.63) is 36.3 Å². The van der Waals surface area contributed by atoms with Gasteiger partial charge in [0.2, 0.25) is 0 Å². The first-order valence-corrected chi connectivity index (χ1v) is 3.97. The number of hydrogen-bond acceptors (Lipinski definition) is 2. The summed E-state index contributed by atoms with van der Waals surface area (Å²) in [4.78, 5) is 4.40. The molecular formula is C9H11N3. The summed E-state index contributed by atoms with van der Waals surface area (Å²) in [6.45, 7) is 0.821. The molecule has 0 atom stereocenters. The van der Waals surface area contributed by atoms with E-state index in [1.54, 1.807) is 0 Å². The van der Waals surface area contributed by atoms with Gasteiger partial charge in [-0.2, -0.15) is 0 Å². The van der Waals surface area contributed by atoms with Gasteiger partial charge in [0.15, 0.2) is 0 Å². The molecule has 0 unspecified atom stereocenters. The number of aromatic nitrogens is 2. The summed E-state index contributed by atoms with van der Waals surface area (Å²) < 4.78 is 2.02. The summed E-state index contributed by atoms with van der Waals surface area (Å²) >= 11 is 0. The molecule has 2 rings (SSSR count). The molecule has 1 N–H and O–H groups in total. The molecule has 2 aromatic heterocycles. The summed E-state index contributed by atoms with van der Waals surface area (Å²) in [6.07, 6.45) is 4.04. The van der Waals surface area contributed by atoms with E-state index in [0.29, 0.717) is 0 Å². The van der Waals surface area contributed by atoms with Crippen LogP contribution in [0, 0.1) is 0 Å². The third-order valence-corrected chi connectivity index (χ3v) is 1.77. The van der Waals surface area contributed by atoms with Crippen LogP contribution in [0.25, 0.3) is 5.65 Å². The minimum Gasteiger partial charge on any atom is -0.314 e. The van der Waals surface area contributed by atoms with Gasteiger partial charge in [-0.15, -0.1) is 0 Å². The Hall–Kier alpha value is -1.35. The van der Waals surface area contributed by atoms with Crippen LogP contribution in [0.5, 0.6) is 0 Å². The van der Waals surface area contributed by atoms with E-state index >= 15 is 0 Å². The minimum atomic E-state index is 0.821. The van der Waals surface area contributed by atoms with Crippen LogP contribution in [0.4, 0.5) is 0 Å². The molecule has 0 radical (unpaired) electrons. The Labute approximate surface area is 71.0 Å². The zero-order valence-corrected chi connectivity index (χ0v) is 6.99. The monoisotopic (exact) mass is 161 g/mol. The first-order valence-electron chi connectivity index (χ1n) is 3.97. The summed E-state index contributed by atoms with van der Waals surface area (Å²) in [5.74, 6) is 0. The molecule has 0 aliphatic rings. The highest BCUT2D eigenvalue weighted by Gasteiger charge is 1.97. The number of hydrogen-bond donors (Lipinski definition) is 1. The number of rotatable bonds is 2. The molecule has 2 aromatic rings. The molecule has 12 heavy (non-hydrogen) atoms. The van der Waals surface area contributed by atoms with Crippen LogP contribution in [0.1, 0.15) is 5.69 Å². The van der Waals surface area contributed by atoms with Gasteiger partial charge in [0, 0.05) is 18.9 Å². The van der Waals surface area contributed by atoms with E-state index in [-0.39, 0.29) is 0 Å². The van der Waals surface area contributed by atoms with E-state index in [1.807, 2.05) is 42.0 Å². The standard InChI is InChI=1S/C9H11N3/c1-10-6-8-7-12-5-3-2-4-9(12)11-8/h2-5,7,10H,6H2,1H3. The third-order valence-electron chi connectivity index (χ3n) is 1.77. The highest BCUT2D eigenvalue weighted by atomic mass is 15.0. The van der Waals surface area contributed by atoms with Gasteiger partial charge in [-0.1, -0.05) is 6.07 Å². The van der Waals surface area contributed by atoms with Gasteiger partial charge in [-0.3, -0.25) is 0 Å². The summed E-state index contributed by atoms with van der Waals surface area (Å²) in [5, 5.41) is 3.07. The number of pyridine rings is 1. The lowest BCUT2D eigenvalue weighted by Crippen LogP contribution is -2.04. The van der Waals surface area contributed by atoms with E-state index in [9.17, 15) is 0 Å². The molecule has 0 spiro atoms. The lowest BCUT2D eigenvalue weighted by Gasteiger charge is -1.88. The molecule has 62 valence electrons. The molecule has 0 amide bonds. The van der Waals surface area contributed by atoms with Gasteiger partial charge in [-0.25, -0.2) is 4.98 Å². The molecule has 0 aromatic carbocycles. The maximum atomic E-state index is 4.40. The maximum Gasteiger partial charge on any atom is 0.137 e. The largest absolute Gasteiger partial charge is 0.314 e. The first-order chi connectivity index (χ1) is 5.90. The Bertz CT molecular complexity index is 345. The molecule has 2 heterocycles. The van der Waals surface area contributed by atoms with Gasteiger partial charge in [0.05, 0.1) is 5.69 Å². The summed E-state index contributed by atoms with van der Waals surface area (Å²) in [7, 11) is 1.92. The van der Waals surface area contributed by atoms with Crippen molar-refractivity contribution in [3.63, 3.8) is 0 Å². The molecule has 3 heteroatoms. The van der Waals surface area contributed by atoms with Gasteiger partial charge in [0.25, 0.3) is 0 Å². The lowest BCUT2D eigenvalue weighted by molar-refractivity contribution is 0.798. The number of imidazole rings is 1. The molecular weight excluding hydrogens is 150 g/mol. The Morgan fingerprint density at radius 3 is 3.17 bits per heavy atom. The fourth-order valence-corrected chi connectivity index (χ4v) is 1.25. The average molecular weight is 161 g/mol. The van der Waals surface area contributed by atoms with Crippen LogP contribution < -0.4 is 5.32 Å². The predicted octanol–water partition coefficient (Wildman–Crippen LogP) is 1.05. The van der Waals surface area contributed by atoms with E-state index in [1.165, 1.54) is 0 Å². The van der Waals surface area contributed by atoms with Crippen molar-refractivity contribution in [2.24, 2.45) is 0 Å². The van der Waals surface area contributed by atoms with Crippen LogP contribution in [0.3, 0.4) is 0 Å². The number of fused-ring (bicyclic) bond motifs is 1. The lowest BCUT2D eigenvalue weighted by atomic mass is 10.5. The minimum absolute atomic E-state index is 0.821. The fourth-order valence-electron chi connectivity index (χ4n) is 1.25. The molecule has 0 saturated carbocycles. The Balaban J connectivity index is 2.47. The van der Waals surface area contributed by atoms with Gasteiger partial charge in [0.1, 0.15) is 5.65 Å². The second kappa shape index (κ2) is 2.95.